The maximum Gasteiger partial charge on any atom is 0.416 e. The zero-order valence-corrected chi connectivity index (χ0v) is 12.1. The second-order valence-corrected chi connectivity index (χ2v) is 6.22. The van der Waals surface area contributed by atoms with Crippen molar-refractivity contribution in [3.63, 3.8) is 0 Å². The fourth-order valence-corrected chi connectivity index (χ4v) is 2.45. The van der Waals surface area contributed by atoms with Crippen molar-refractivity contribution in [2.24, 2.45) is 5.92 Å². The van der Waals surface area contributed by atoms with E-state index in [1.165, 1.54) is 0 Å². The summed E-state index contributed by atoms with van der Waals surface area (Å²) in [6.45, 7) is 3.75. The molecule has 1 rings (SSSR count). The number of nitrogens with one attached hydrogen (secondary N) is 2. The molecule has 9 heteroatoms. The SMILES string of the molecule is CC(C)CNS(=O)(=O)Nc1ccc(C(F)(F)F)cc1C#N. The molecular formula is C12H14F3N3O2S. The fourth-order valence-electron chi connectivity index (χ4n) is 1.36. The van der Waals surface area contributed by atoms with Gasteiger partial charge in [-0.2, -0.15) is 31.6 Å². The highest BCUT2D eigenvalue weighted by atomic mass is 32.2. The molecule has 0 aromatic heterocycles. The summed E-state index contributed by atoms with van der Waals surface area (Å²) in [6, 6.07) is 3.76. The molecule has 21 heavy (non-hydrogen) atoms. The molecule has 1 aromatic rings. The number of benzene rings is 1. The predicted molar refractivity (Wildman–Crippen MR) is 71.5 cm³/mol. The van der Waals surface area contributed by atoms with E-state index in [4.69, 9.17) is 5.26 Å². The fraction of sp³-hybridized carbons (Fsp3) is 0.417. The molecule has 0 radical (unpaired) electrons. The number of anilines is 1. The van der Waals surface area contributed by atoms with E-state index in [2.05, 4.69) is 4.72 Å². The van der Waals surface area contributed by atoms with E-state index in [1.54, 1.807) is 19.9 Å². The molecule has 0 aliphatic heterocycles. The Labute approximate surface area is 121 Å². The van der Waals surface area contributed by atoms with Crippen LogP contribution < -0.4 is 9.44 Å². The average molecular weight is 321 g/mol. The molecule has 116 valence electrons. The Morgan fingerprint density at radius 2 is 1.95 bits per heavy atom. The van der Waals surface area contributed by atoms with Gasteiger partial charge in [0.2, 0.25) is 0 Å². The van der Waals surface area contributed by atoms with E-state index in [9.17, 15) is 21.6 Å². The van der Waals surface area contributed by atoms with Crippen molar-refractivity contribution in [1.82, 2.24) is 4.72 Å². The van der Waals surface area contributed by atoms with E-state index < -0.39 is 27.5 Å². The quantitative estimate of drug-likeness (QED) is 0.874. The second kappa shape index (κ2) is 6.32. The summed E-state index contributed by atoms with van der Waals surface area (Å²) in [7, 11) is -3.94. The number of hydrogen-bond donors (Lipinski definition) is 2. The summed E-state index contributed by atoms with van der Waals surface area (Å²) in [5, 5.41) is 8.85. The van der Waals surface area contributed by atoms with Crippen LogP contribution in [0.4, 0.5) is 18.9 Å². The molecule has 0 aliphatic carbocycles. The summed E-state index contributed by atoms with van der Waals surface area (Å²) in [4.78, 5) is 0. The van der Waals surface area contributed by atoms with E-state index in [-0.39, 0.29) is 18.2 Å². The molecule has 0 spiro atoms. The summed E-state index contributed by atoms with van der Waals surface area (Å²) in [5.41, 5.74) is -1.63. The average Bonchev–Trinajstić information content (AvgIpc) is 2.35. The highest BCUT2D eigenvalue weighted by Gasteiger charge is 2.31. The topological polar surface area (TPSA) is 82.0 Å². The molecule has 0 heterocycles. The van der Waals surface area contributed by atoms with Gasteiger partial charge in [0.15, 0.2) is 0 Å². The van der Waals surface area contributed by atoms with Gasteiger partial charge in [-0.05, 0) is 24.1 Å². The smallest absolute Gasteiger partial charge is 0.270 e. The Hall–Kier alpha value is -1.79. The van der Waals surface area contributed by atoms with Gasteiger partial charge in [-0.1, -0.05) is 13.8 Å². The minimum Gasteiger partial charge on any atom is -0.270 e. The monoisotopic (exact) mass is 321 g/mol. The third-order valence-electron chi connectivity index (χ3n) is 2.39. The van der Waals surface area contributed by atoms with Crippen LogP contribution in [0.2, 0.25) is 0 Å². The molecule has 5 nitrogen and oxygen atoms in total. The minimum atomic E-state index is -4.60. The Balaban J connectivity index is 3.02. The first-order chi connectivity index (χ1) is 9.55. The standard InChI is InChI=1S/C12H14F3N3O2S/c1-8(2)7-17-21(19,20)18-11-4-3-10(12(13,14)15)5-9(11)6-16/h3-5,8,17-18H,7H2,1-2H3. The number of alkyl halides is 3. The van der Waals surface area contributed by atoms with Gasteiger partial charge in [0.05, 0.1) is 16.8 Å². The lowest BCUT2D eigenvalue weighted by molar-refractivity contribution is -0.137. The van der Waals surface area contributed by atoms with Gasteiger partial charge < -0.3 is 0 Å². The van der Waals surface area contributed by atoms with Crippen molar-refractivity contribution in [1.29, 1.82) is 5.26 Å². The van der Waals surface area contributed by atoms with E-state index in [0.717, 1.165) is 6.07 Å². The number of nitriles is 1. The third-order valence-corrected chi connectivity index (χ3v) is 3.43. The van der Waals surface area contributed by atoms with Crippen LogP contribution in [0.3, 0.4) is 0 Å². The summed E-state index contributed by atoms with van der Waals surface area (Å²) in [6.07, 6.45) is -4.60. The van der Waals surface area contributed by atoms with Crippen LogP contribution >= 0.6 is 0 Å². The first-order valence-electron chi connectivity index (χ1n) is 5.94. The third kappa shape index (κ3) is 5.24. The van der Waals surface area contributed by atoms with Crippen LogP contribution in [-0.4, -0.2) is 15.0 Å². The van der Waals surface area contributed by atoms with E-state index in [0.29, 0.717) is 12.1 Å². The van der Waals surface area contributed by atoms with Crippen molar-refractivity contribution >= 4 is 15.9 Å². The van der Waals surface area contributed by atoms with Crippen molar-refractivity contribution in [3.8, 4) is 6.07 Å². The van der Waals surface area contributed by atoms with Gasteiger partial charge in [0.1, 0.15) is 6.07 Å². The highest BCUT2D eigenvalue weighted by Crippen LogP contribution is 2.31. The molecular weight excluding hydrogens is 307 g/mol. The van der Waals surface area contributed by atoms with Crippen LogP contribution in [0.15, 0.2) is 18.2 Å². The first-order valence-corrected chi connectivity index (χ1v) is 7.42. The molecule has 0 saturated carbocycles. The Morgan fingerprint density at radius 1 is 1.33 bits per heavy atom. The van der Waals surface area contributed by atoms with Crippen molar-refractivity contribution < 1.29 is 21.6 Å². The number of hydrogen-bond acceptors (Lipinski definition) is 3. The van der Waals surface area contributed by atoms with Crippen LogP contribution in [0.5, 0.6) is 0 Å². The zero-order chi connectivity index (χ0) is 16.3. The largest absolute Gasteiger partial charge is 0.416 e. The molecule has 0 bridgehead atoms. The van der Waals surface area contributed by atoms with Gasteiger partial charge >= 0.3 is 6.18 Å². The summed E-state index contributed by atoms with van der Waals surface area (Å²) in [5.74, 6) is 0.0598. The molecule has 0 fully saturated rings. The van der Waals surface area contributed by atoms with Crippen molar-refractivity contribution in [3.05, 3.63) is 29.3 Å². The maximum atomic E-state index is 12.5. The molecule has 0 unspecified atom stereocenters. The molecule has 2 N–H and O–H groups in total. The summed E-state index contributed by atoms with van der Waals surface area (Å²) >= 11 is 0. The first kappa shape index (κ1) is 17.3. The highest BCUT2D eigenvalue weighted by molar-refractivity contribution is 7.90. The molecule has 0 aliphatic rings. The van der Waals surface area contributed by atoms with Gasteiger partial charge in [-0.15, -0.1) is 0 Å². The number of nitrogens with zero attached hydrogens (tertiary/aromatic N) is 1. The van der Waals surface area contributed by atoms with Gasteiger partial charge in [0.25, 0.3) is 10.2 Å². The Morgan fingerprint density at radius 3 is 2.43 bits per heavy atom. The van der Waals surface area contributed by atoms with Crippen molar-refractivity contribution in [2.45, 2.75) is 20.0 Å². The molecule has 0 amide bonds. The van der Waals surface area contributed by atoms with Crippen LogP contribution in [0, 0.1) is 17.2 Å². The zero-order valence-electron chi connectivity index (χ0n) is 11.3. The molecule has 0 saturated heterocycles. The normalized spacial score (nSPS) is 12.2. The Bertz CT molecular complexity index is 649. The van der Waals surface area contributed by atoms with Crippen LogP contribution in [-0.2, 0) is 16.4 Å². The van der Waals surface area contributed by atoms with E-state index >= 15 is 0 Å². The van der Waals surface area contributed by atoms with Gasteiger partial charge in [0, 0.05) is 6.54 Å². The summed E-state index contributed by atoms with van der Waals surface area (Å²) < 4.78 is 65.2. The van der Waals surface area contributed by atoms with Crippen molar-refractivity contribution in [2.75, 3.05) is 11.3 Å². The molecule has 1 aromatic carbocycles. The number of rotatable bonds is 5. The maximum absolute atomic E-state index is 12.5. The van der Waals surface area contributed by atoms with Gasteiger partial charge in [-0.3, -0.25) is 4.72 Å². The van der Waals surface area contributed by atoms with Gasteiger partial charge in [-0.25, -0.2) is 0 Å². The minimum absolute atomic E-state index is 0.0598. The molecule has 0 atom stereocenters. The lowest BCUT2D eigenvalue weighted by Crippen LogP contribution is -2.33. The Kier molecular flexibility index (Phi) is 5.20. The lowest BCUT2D eigenvalue weighted by Gasteiger charge is -2.13. The lowest BCUT2D eigenvalue weighted by atomic mass is 10.1. The predicted octanol–water partition coefficient (Wildman–Crippen LogP) is 2.48. The van der Waals surface area contributed by atoms with Crippen LogP contribution in [0.25, 0.3) is 0 Å². The number of halogens is 3. The van der Waals surface area contributed by atoms with Crippen LogP contribution in [0.1, 0.15) is 25.0 Å². The second-order valence-electron chi connectivity index (χ2n) is 4.72. The van der Waals surface area contributed by atoms with E-state index in [1.807, 2.05) is 4.72 Å².